The normalized spacial score (nSPS) is 26.8. The van der Waals surface area contributed by atoms with Crippen LogP contribution in [0.4, 0.5) is 8.78 Å². The van der Waals surface area contributed by atoms with E-state index >= 15 is 8.78 Å². The van der Waals surface area contributed by atoms with Crippen LogP contribution in [0.1, 0.15) is 41.0 Å². The van der Waals surface area contributed by atoms with Crippen LogP contribution >= 0.6 is 7.75 Å². The molecule has 12 nitrogen and oxygen atoms in total. The van der Waals surface area contributed by atoms with Crippen molar-refractivity contribution in [3.8, 4) is 5.75 Å². The number of carbonyl (C=O) groups excluding carboxylic acids is 3. The Bertz CT molecular complexity index is 1550. The van der Waals surface area contributed by atoms with Gasteiger partial charge < -0.3 is 29.0 Å². The monoisotopic (exact) mass is 651 g/mol. The van der Waals surface area contributed by atoms with Gasteiger partial charge in [-0.3, -0.25) is 18.9 Å². The van der Waals surface area contributed by atoms with E-state index in [1.54, 1.807) is 50.2 Å². The molecule has 244 valence electrons. The second kappa shape index (κ2) is 13.3. The zero-order valence-corrected chi connectivity index (χ0v) is 26.3. The minimum Gasteiger partial charge on any atom is -0.462 e. The summed E-state index contributed by atoms with van der Waals surface area (Å²) in [5.74, 6) is -5.62. The van der Waals surface area contributed by atoms with Gasteiger partial charge in [-0.2, -0.15) is 5.09 Å². The van der Waals surface area contributed by atoms with E-state index < -0.39 is 68.2 Å². The Morgan fingerprint density at radius 2 is 1.87 bits per heavy atom. The van der Waals surface area contributed by atoms with Crippen LogP contribution in [-0.4, -0.2) is 65.4 Å². The van der Waals surface area contributed by atoms with Crippen molar-refractivity contribution in [3.05, 3.63) is 67.1 Å². The lowest BCUT2D eigenvalue weighted by Gasteiger charge is -2.35. The first-order valence-electron chi connectivity index (χ1n) is 14.2. The number of hydrogen-bond donors (Lipinski definition) is 2. The maximum Gasteiger partial charge on any atom is 0.459 e. The number of ether oxygens (including phenoxy) is 3. The van der Waals surface area contributed by atoms with E-state index in [0.717, 1.165) is 29.5 Å². The first-order chi connectivity index (χ1) is 21.1. The topological polar surface area (TPSA) is 142 Å². The maximum atomic E-state index is 16.8. The van der Waals surface area contributed by atoms with E-state index in [1.165, 1.54) is 19.9 Å². The van der Waals surface area contributed by atoms with E-state index in [-0.39, 0.29) is 18.0 Å². The smallest absolute Gasteiger partial charge is 0.459 e. The van der Waals surface area contributed by atoms with Gasteiger partial charge in [-0.1, -0.05) is 49.9 Å². The molecule has 2 aliphatic rings. The number of rotatable bonds is 12. The molecule has 1 saturated heterocycles. The minimum atomic E-state index is -4.71. The molecule has 2 unspecified atom stereocenters. The third-order valence-corrected chi connectivity index (χ3v) is 8.52. The van der Waals surface area contributed by atoms with Crippen LogP contribution in [0, 0.1) is 0 Å². The highest BCUT2D eigenvalue weighted by molar-refractivity contribution is 7.52. The molecule has 0 radical (unpaired) electrons. The number of hydrogen-bond acceptors (Lipinski definition) is 10. The van der Waals surface area contributed by atoms with E-state index in [1.807, 2.05) is 0 Å². The second-order valence-electron chi connectivity index (χ2n) is 11.0. The van der Waals surface area contributed by atoms with Crippen molar-refractivity contribution in [2.24, 2.45) is 0 Å². The molecule has 0 bridgehead atoms. The first kappa shape index (κ1) is 34.0. The third kappa shape index (κ3) is 7.52. The van der Waals surface area contributed by atoms with Gasteiger partial charge in [-0.25, -0.2) is 13.3 Å². The highest BCUT2D eigenvalue weighted by atomic mass is 31.2. The fraction of sp³-hybridized carbons (Fsp3) is 0.433. The molecule has 2 aliphatic heterocycles. The van der Waals surface area contributed by atoms with E-state index in [4.69, 9.17) is 23.3 Å². The summed E-state index contributed by atoms with van der Waals surface area (Å²) in [6.07, 6.45) is -2.61. The average molecular weight is 652 g/mol. The summed E-state index contributed by atoms with van der Waals surface area (Å²) >= 11 is 0. The van der Waals surface area contributed by atoms with Gasteiger partial charge in [0, 0.05) is 24.1 Å². The molecular weight excluding hydrogens is 615 g/mol. The summed E-state index contributed by atoms with van der Waals surface area (Å²) in [6, 6.07) is 10.6. The molecule has 0 spiro atoms. The number of halogens is 2. The number of nitrogens with one attached hydrogen (secondary N) is 2. The Labute approximate surface area is 259 Å². The molecule has 2 heterocycles. The van der Waals surface area contributed by atoms with Gasteiger partial charge in [-0.05, 0) is 39.1 Å². The number of esters is 2. The molecule has 45 heavy (non-hydrogen) atoms. The molecule has 0 saturated carbocycles. The van der Waals surface area contributed by atoms with Crippen LogP contribution in [-0.2, 0) is 37.7 Å². The average Bonchev–Trinajstić information content (AvgIpc) is 3.16. The Morgan fingerprint density at radius 3 is 2.53 bits per heavy atom. The van der Waals surface area contributed by atoms with Crippen molar-refractivity contribution >= 4 is 36.4 Å². The number of nitrogens with zero attached hydrogens (tertiary/aromatic N) is 1. The summed E-state index contributed by atoms with van der Waals surface area (Å²) in [6.45, 7) is 9.32. The zero-order chi connectivity index (χ0) is 33.2. The van der Waals surface area contributed by atoms with Crippen LogP contribution in [0.3, 0.4) is 0 Å². The fourth-order valence-corrected chi connectivity index (χ4v) is 6.29. The first-order valence-corrected chi connectivity index (χ1v) is 15.7. The molecule has 2 aromatic carbocycles. The van der Waals surface area contributed by atoms with Crippen molar-refractivity contribution in [2.75, 3.05) is 6.61 Å². The summed E-state index contributed by atoms with van der Waals surface area (Å²) in [7, 11) is -4.71. The number of alkyl halides is 2. The highest BCUT2D eigenvalue weighted by Crippen LogP contribution is 2.51. The Balaban J connectivity index is 1.69. The predicted molar refractivity (Wildman–Crippen MR) is 159 cm³/mol. The van der Waals surface area contributed by atoms with Crippen LogP contribution in [0.25, 0.3) is 10.8 Å². The lowest BCUT2D eigenvalue weighted by molar-refractivity contribution is -0.216. The van der Waals surface area contributed by atoms with Crippen molar-refractivity contribution in [1.29, 1.82) is 0 Å². The van der Waals surface area contributed by atoms with Crippen LogP contribution in [0.15, 0.2) is 67.1 Å². The van der Waals surface area contributed by atoms with E-state index in [9.17, 15) is 18.9 Å². The predicted octanol–water partition coefficient (Wildman–Crippen LogP) is 4.76. The lowest BCUT2D eigenvalue weighted by atomic mass is 9.96. The molecule has 2 aromatic rings. The summed E-state index contributed by atoms with van der Waals surface area (Å²) in [4.78, 5) is 37.7. The number of fused-ring (bicyclic) bond motifs is 1. The molecule has 1 amide bonds. The van der Waals surface area contributed by atoms with E-state index in [0.29, 0.717) is 5.39 Å². The van der Waals surface area contributed by atoms with Gasteiger partial charge >= 0.3 is 19.7 Å². The second-order valence-corrected chi connectivity index (χ2v) is 12.7. The maximum absolute atomic E-state index is 16.8. The summed E-state index contributed by atoms with van der Waals surface area (Å²) < 4.78 is 74.8. The largest absolute Gasteiger partial charge is 0.462 e. The standard InChI is InChI=1S/C30H36F2N3O9P/c1-7-25(37)42-27-29(6,31)28(35-16-15-24(36)33-20(35)5)43-30(27,32)17-40-45(39,34-19(4)26(38)41-18(2)3)44-23-14-10-12-21-11-8-9-13-22(21)23/h8-16,18-19,27-28H,5,7,17H2,1-4,6H3,(H,33,36)(H,34,39)/t19?,27-,28+,29+,30+,45?/m0/s1. The molecule has 6 atom stereocenters. The molecule has 0 aliphatic carbocycles. The number of amides is 1. The van der Waals surface area contributed by atoms with Crippen molar-refractivity contribution in [3.63, 3.8) is 0 Å². The molecule has 0 aromatic heterocycles. The molecule has 1 fully saturated rings. The molecular formula is C30H36F2N3O9P. The molecule has 4 rings (SSSR count). The van der Waals surface area contributed by atoms with E-state index in [2.05, 4.69) is 17.0 Å². The van der Waals surface area contributed by atoms with Crippen LogP contribution in [0.2, 0.25) is 0 Å². The Morgan fingerprint density at radius 1 is 1.18 bits per heavy atom. The zero-order valence-electron chi connectivity index (χ0n) is 25.5. The number of benzene rings is 2. The molecule has 15 heteroatoms. The summed E-state index contributed by atoms with van der Waals surface area (Å²) in [5.41, 5.74) is -2.76. The van der Waals surface area contributed by atoms with Gasteiger partial charge in [-0.15, -0.1) is 0 Å². The van der Waals surface area contributed by atoms with Gasteiger partial charge in [0.05, 0.1) is 6.10 Å². The third-order valence-electron chi connectivity index (χ3n) is 6.91. The van der Waals surface area contributed by atoms with Gasteiger partial charge in [0.1, 0.15) is 24.2 Å². The lowest BCUT2D eigenvalue weighted by Crippen LogP contribution is -2.53. The van der Waals surface area contributed by atoms with Crippen molar-refractivity contribution in [1.82, 2.24) is 15.3 Å². The van der Waals surface area contributed by atoms with Crippen LogP contribution in [0.5, 0.6) is 5.75 Å². The molecule has 2 N–H and O–H groups in total. The minimum absolute atomic E-state index is 0.0706. The SMILES string of the molecule is C=C1NC(=O)C=CN1[C@@H]1O[C@](F)(COP(=O)(NC(C)C(=O)OC(C)C)Oc2cccc3ccccc23)[C@@H](OC(=O)CC)[C@@]1(C)F. The summed E-state index contributed by atoms with van der Waals surface area (Å²) in [5, 5.41) is 6.07. The van der Waals surface area contributed by atoms with Crippen molar-refractivity contribution < 1.29 is 51.0 Å². The van der Waals surface area contributed by atoms with Crippen LogP contribution < -0.4 is 14.9 Å². The highest BCUT2D eigenvalue weighted by Gasteiger charge is 2.68. The van der Waals surface area contributed by atoms with Gasteiger partial charge in [0.25, 0.3) is 11.8 Å². The Hall–Kier alpha value is -3.84. The van der Waals surface area contributed by atoms with Crippen molar-refractivity contribution in [2.45, 2.75) is 77.0 Å². The van der Waals surface area contributed by atoms with Gasteiger partial charge in [0.2, 0.25) is 6.10 Å². The Kier molecular flexibility index (Phi) is 10.0. The number of carbonyl (C=O) groups is 3. The quantitative estimate of drug-likeness (QED) is 0.242. The fourth-order valence-electron chi connectivity index (χ4n) is 4.77. The van der Waals surface area contributed by atoms with Gasteiger partial charge in [0.15, 0.2) is 11.9 Å².